The Hall–Kier alpha value is -2.29. The third-order valence-electron chi connectivity index (χ3n) is 3.62. The number of nitrogens with one attached hydrogen (secondary N) is 2. The number of carbonyl (C=O) groups excluding carboxylic acids is 1. The van der Waals surface area contributed by atoms with Crippen LogP contribution in [-0.4, -0.2) is 6.03 Å². The first-order valence-corrected chi connectivity index (χ1v) is 7.73. The molecular formula is C19H24N2O. The standard InChI is InChI=1S/C19H24N2O/c1-13(2)15-7-5-9-17(11-15)20-19(22)21-18-10-6-8-16(12-18)14(3)4/h5-14H,1-4H3,(H2,20,21,22). The third-order valence-corrected chi connectivity index (χ3v) is 3.62. The molecule has 0 aliphatic rings. The fourth-order valence-corrected chi connectivity index (χ4v) is 2.24. The Morgan fingerprint density at radius 1 is 0.773 bits per heavy atom. The summed E-state index contributed by atoms with van der Waals surface area (Å²) in [5.41, 5.74) is 4.03. The summed E-state index contributed by atoms with van der Waals surface area (Å²) in [6.45, 7) is 8.54. The van der Waals surface area contributed by atoms with Gasteiger partial charge in [-0.15, -0.1) is 0 Å². The van der Waals surface area contributed by atoms with Crippen molar-refractivity contribution in [2.75, 3.05) is 10.6 Å². The number of rotatable bonds is 4. The molecule has 0 aliphatic heterocycles. The van der Waals surface area contributed by atoms with E-state index in [0.29, 0.717) is 11.8 Å². The fraction of sp³-hybridized carbons (Fsp3) is 0.316. The van der Waals surface area contributed by atoms with E-state index in [-0.39, 0.29) is 6.03 Å². The second-order valence-corrected chi connectivity index (χ2v) is 6.14. The van der Waals surface area contributed by atoms with Crippen molar-refractivity contribution in [2.24, 2.45) is 0 Å². The predicted octanol–water partition coefficient (Wildman–Crippen LogP) is 5.58. The summed E-state index contributed by atoms with van der Waals surface area (Å²) in [5.74, 6) is 0.875. The molecule has 0 heterocycles. The molecule has 22 heavy (non-hydrogen) atoms. The second kappa shape index (κ2) is 7.12. The van der Waals surface area contributed by atoms with E-state index in [1.54, 1.807) is 0 Å². The van der Waals surface area contributed by atoms with Gasteiger partial charge in [0.1, 0.15) is 0 Å². The molecule has 0 saturated heterocycles. The van der Waals surface area contributed by atoms with Crippen molar-refractivity contribution in [1.29, 1.82) is 0 Å². The van der Waals surface area contributed by atoms with E-state index in [1.807, 2.05) is 36.4 Å². The highest BCUT2D eigenvalue weighted by atomic mass is 16.2. The van der Waals surface area contributed by atoms with Crippen molar-refractivity contribution in [1.82, 2.24) is 0 Å². The lowest BCUT2D eigenvalue weighted by Crippen LogP contribution is -2.19. The van der Waals surface area contributed by atoms with Crippen LogP contribution in [0, 0.1) is 0 Å². The molecule has 0 spiro atoms. The zero-order valence-electron chi connectivity index (χ0n) is 13.7. The zero-order valence-corrected chi connectivity index (χ0v) is 13.7. The Morgan fingerprint density at radius 2 is 1.18 bits per heavy atom. The SMILES string of the molecule is CC(C)c1cccc(NC(=O)Nc2cccc(C(C)C)c2)c1. The topological polar surface area (TPSA) is 41.1 Å². The average Bonchev–Trinajstić information content (AvgIpc) is 2.47. The predicted molar refractivity (Wildman–Crippen MR) is 93.7 cm³/mol. The van der Waals surface area contributed by atoms with E-state index >= 15 is 0 Å². The first-order chi connectivity index (χ1) is 10.5. The van der Waals surface area contributed by atoms with Crippen LogP contribution in [0.5, 0.6) is 0 Å². The molecule has 116 valence electrons. The molecule has 0 aromatic heterocycles. The van der Waals surface area contributed by atoms with Crippen LogP contribution in [0.25, 0.3) is 0 Å². The highest BCUT2D eigenvalue weighted by Gasteiger charge is 2.06. The van der Waals surface area contributed by atoms with Gasteiger partial charge in [0.05, 0.1) is 0 Å². The van der Waals surface area contributed by atoms with E-state index in [9.17, 15) is 4.79 Å². The van der Waals surface area contributed by atoms with Gasteiger partial charge in [-0.3, -0.25) is 0 Å². The molecule has 0 saturated carbocycles. The van der Waals surface area contributed by atoms with Gasteiger partial charge >= 0.3 is 6.03 Å². The van der Waals surface area contributed by atoms with Gasteiger partial charge in [0, 0.05) is 11.4 Å². The van der Waals surface area contributed by atoms with E-state index in [2.05, 4.69) is 50.5 Å². The van der Waals surface area contributed by atoms with Gasteiger partial charge in [0.15, 0.2) is 0 Å². The maximum atomic E-state index is 12.1. The number of benzene rings is 2. The minimum Gasteiger partial charge on any atom is -0.308 e. The van der Waals surface area contributed by atoms with Gasteiger partial charge in [0.25, 0.3) is 0 Å². The van der Waals surface area contributed by atoms with E-state index in [4.69, 9.17) is 0 Å². The fourth-order valence-electron chi connectivity index (χ4n) is 2.24. The van der Waals surface area contributed by atoms with Crippen LogP contribution in [0.1, 0.15) is 50.7 Å². The molecular weight excluding hydrogens is 272 g/mol. The lowest BCUT2D eigenvalue weighted by atomic mass is 10.0. The smallest absolute Gasteiger partial charge is 0.308 e. The molecule has 0 radical (unpaired) electrons. The first kappa shape index (κ1) is 16.1. The van der Waals surface area contributed by atoms with Gasteiger partial charge < -0.3 is 10.6 Å². The minimum absolute atomic E-state index is 0.221. The van der Waals surface area contributed by atoms with Crippen molar-refractivity contribution in [2.45, 2.75) is 39.5 Å². The molecule has 2 amide bonds. The highest BCUT2D eigenvalue weighted by molar-refractivity contribution is 5.99. The summed E-state index contributed by atoms with van der Waals surface area (Å²) in [6, 6.07) is 15.7. The molecule has 3 nitrogen and oxygen atoms in total. The Bertz CT molecular complexity index is 592. The summed E-state index contributed by atoms with van der Waals surface area (Å²) in [7, 11) is 0. The summed E-state index contributed by atoms with van der Waals surface area (Å²) in [5, 5.41) is 5.77. The molecule has 0 fully saturated rings. The van der Waals surface area contributed by atoms with Crippen LogP contribution >= 0.6 is 0 Å². The average molecular weight is 296 g/mol. The summed E-state index contributed by atoms with van der Waals surface area (Å²) in [4.78, 5) is 12.1. The van der Waals surface area contributed by atoms with Gasteiger partial charge in [0.2, 0.25) is 0 Å². The van der Waals surface area contributed by atoms with Gasteiger partial charge in [-0.25, -0.2) is 4.79 Å². The number of amides is 2. The molecule has 0 aliphatic carbocycles. The van der Waals surface area contributed by atoms with Gasteiger partial charge in [-0.05, 0) is 47.2 Å². The second-order valence-electron chi connectivity index (χ2n) is 6.14. The number of urea groups is 1. The lowest BCUT2D eigenvalue weighted by molar-refractivity contribution is 0.262. The van der Waals surface area contributed by atoms with E-state index in [1.165, 1.54) is 11.1 Å². The molecule has 2 aromatic rings. The van der Waals surface area contributed by atoms with Crippen molar-refractivity contribution in [3.63, 3.8) is 0 Å². The van der Waals surface area contributed by atoms with Gasteiger partial charge in [-0.1, -0.05) is 52.0 Å². The molecule has 0 unspecified atom stereocenters. The summed E-state index contributed by atoms with van der Waals surface area (Å²) in [6.07, 6.45) is 0. The third kappa shape index (κ3) is 4.35. The minimum atomic E-state index is -0.221. The van der Waals surface area contributed by atoms with Crippen LogP contribution in [0.15, 0.2) is 48.5 Å². The number of anilines is 2. The van der Waals surface area contributed by atoms with E-state index < -0.39 is 0 Å². The molecule has 2 aromatic carbocycles. The van der Waals surface area contributed by atoms with Crippen molar-refractivity contribution in [3.05, 3.63) is 59.7 Å². The quantitative estimate of drug-likeness (QED) is 0.760. The van der Waals surface area contributed by atoms with Crippen molar-refractivity contribution < 1.29 is 4.79 Å². The molecule has 3 heteroatoms. The maximum absolute atomic E-state index is 12.1. The first-order valence-electron chi connectivity index (χ1n) is 7.73. The van der Waals surface area contributed by atoms with Crippen molar-refractivity contribution in [3.8, 4) is 0 Å². The largest absolute Gasteiger partial charge is 0.323 e. The van der Waals surface area contributed by atoms with E-state index in [0.717, 1.165) is 11.4 Å². The lowest BCUT2D eigenvalue weighted by Gasteiger charge is -2.12. The number of carbonyl (C=O) groups is 1. The Labute approximate surface area is 132 Å². The molecule has 0 atom stereocenters. The van der Waals surface area contributed by atoms with Crippen LogP contribution in [0.2, 0.25) is 0 Å². The molecule has 2 rings (SSSR count). The number of hydrogen-bond acceptors (Lipinski definition) is 1. The highest BCUT2D eigenvalue weighted by Crippen LogP contribution is 2.20. The van der Waals surface area contributed by atoms with Crippen LogP contribution in [-0.2, 0) is 0 Å². The Morgan fingerprint density at radius 3 is 1.55 bits per heavy atom. The zero-order chi connectivity index (χ0) is 16.1. The summed E-state index contributed by atoms with van der Waals surface area (Å²) < 4.78 is 0. The maximum Gasteiger partial charge on any atom is 0.323 e. The Kier molecular flexibility index (Phi) is 5.21. The van der Waals surface area contributed by atoms with Crippen LogP contribution in [0.3, 0.4) is 0 Å². The summed E-state index contributed by atoms with van der Waals surface area (Å²) >= 11 is 0. The molecule has 2 N–H and O–H groups in total. The molecule has 0 bridgehead atoms. The Balaban J connectivity index is 2.04. The van der Waals surface area contributed by atoms with Crippen LogP contribution in [0.4, 0.5) is 16.2 Å². The normalized spacial score (nSPS) is 10.8. The van der Waals surface area contributed by atoms with Crippen LogP contribution < -0.4 is 10.6 Å². The van der Waals surface area contributed by atoms with Gasteiger partial charge in [-0.2, -0.15) is 0 Å². The number of hydrogen-bond donors (Lipinski definition) is 2. The monoisotopic (exact) mass is 296 g/mol. The van der Waals surface area contributed by atoms with Crippen molar-refractivity contribution >= 4 is 17.4 Å².